The molecule has 0 bridgehead atoms. The maximum Gasteiger partial charge on any atom is 0.0303 e. The van der Waals surface area contributed by atoms with E-state index in [1.54, 1.807) is 0 Å². The summed E-state index contributed by atoms with van der Waals surface area (Å²) in [4.78, 5) is 2.70. The maximum atomic E-state index is 3.53. The molecule has 0 amide bonds. The third-order valence-corrected chi connectivity index (χ3v) is 4.12. The normalized spacial score (nSPS) is 27.2. The highest BCUT2D eigenvalue weighted by Crippen LogP contribution is 2.21. The van der Waals surface area contributed by atoms with Crippen molar-refractivity contribution in [2.75, 3.05) is 26.2 Å². The molecule has 0 radical (unpaired) electrons. The van der Waals surface area contributed by atoms with Crippen molar-refractivity contribution in [2.24, 2.45) is 0 Å². The van der Waals surface area contributed by atoms with Crippen molar-refractivity contribution in [1.29, 1.82) is 0 Å². The molecule has 1 aliphatic heterocycles. The average molecular weight is 226 g/mol. The summed E-state index contributed by atoms with van der Waals surface area (Å²) < 4.78 is 0. The highest BCUT2D eigenvalue weighted by atomic mass is 15.2. The van der Waals surface area contributed by atoms with Crippen molar-refractivity contribution in [1.82, 2.24) is 10.2 Å². The Morgan fingerprint density at radius 2 is 1.88 bits per heavy atom. The molecule has 1 fully saturated rings. The molecule has 0 aromatic heterocycles. The molecular weight excluding hydrogens is 196 g/mol. The van der Waals surface area contributed by atoms with E-state index in [9.17, 15) is 0 Å². The number of unbranched alkanes of at least 4 members (excludes halogenated alkanes) is 4. The molecule has 1 N–H and O–H groups in total. The predicted octanol–water partition coefficient (Wildman–Crippen LogP) is 3.03. The Kier molecular flexibility index (Phi) is 6.37. The number of hydrogen-bond acceptors (Lipinski definition) is 2. The highest BCUT2D eigenvalue weighted by Gasteiger charge is 2.31. The Hall–Kier alpha value is -0.0800. The Morgan fingerprint density at radius 1 is 1.12 bits per heavy atom. The van der Waals surface area contributed by atoms with Gasteiger partial charge in [-0.25, -0.2) is 0 Å². The molecule has 0 saturated carbocycles. The molecule has 0 aliphatic carbocycles. The summed E-state index contributed by atoms with van der Waals surface area (Å²) in [5, 5.41) is 3.53. The van der Waals surface area contributed by atoms with Gasteiger partial charge in [0.05, 0.1) is 0 Å². The van der Waals surface area contributed by atoms with Gasteiger partial charge in [-0.15, -0.1) is 0 Å². The number of piperazine rings is 1. The maximum absolute atomic E-state index is 3.53. The second-order valence-corrected chi connectivity index (χ2v) is 5.43. The SMILES string of the molecule is CCCCCCCN1CCNCC1(C)CC. The van der Waals surface area contributed by atoms with Crippen molar-refractivity contribution in [3.8, 4) is 0 Å². The first-order valence-corrected chi connectivity index (χ1v) is 7.18. The van der Waals surface area contributed by atoms with Gasteiger partial charge in [0.2, 0.25) is 0 Å². The molecule has 96 valence electrons. The second-order valence-electron chi connectivity index (χ2n) is 5.43. The third-order valence-electron chi connectivity index (χ3n) is 4.12. The van der Waals surface area contributed by atoms with Gasteiger partial charge in [0.1, 0.15) is 0 Å². The summed E-state index contributed by atoms with van der Waals surface area (Å²) in [6.07, 6.45) is 8.24. The number of nitrogens with one attached hydrogen (secondary N) is 1. The monoisotopic (exact) mass is 226 g/mol. The van der Waals surface area contributed by atoms with E-state index < -0.39 is 0 Å². The van der Waals surface area contributed by atoms with E-state index in [4.69, 9.17) is 0 Å². The first kappa shape index (κ1) is 14.0. The lowest BCUT2D eigenvalue weighted by Crippen LogP contribution is -2.59. The Morgan fingerprint density at radius 3 is 2.56 bits per heavy atom. The minimum absolute atomic E-state index is 0.406. The molecule has 0 spiro atoms. The molecule has 1 rings (SSSR count). The number of rotatable bonds is 7. The molecule has 2 nitrogen and oxygen atoms in total. The van der Waals surface area contributed by atoms with Crippen LogP contribution in [0.2, 0.25) is 0 Å². The Bertz CT molecular complexity index is 182. The zero-order chi connectivity index (χ0) is 11.9. The smallest absolute Gasteiger partial charge is 0.0303 e. The topological polar surface area (TPSA) is 15.3 Å². The van der Waals surface area contributed by atoms with Gasteiger partial charge in [-0.1, -0.05) is 39.5 Å². The van der Waals surface area contributed by atoms with Gasteiger partial charge >= 0.3 is 0 Å². The van der Waals surface area contributed by atoms with Crippen molar-refractivity contribution >= 4 is 0 Å². The summed E-state index contributed by atoms with van der Waals surface area (Å²) in [5.41, 5.74) is 0.406. The van der Waals surface area contributed by atoms with Crippen LogP contribution < -0.4 is 5.32 Å². The fourth-order valence-corrected chi connectivity index (χ4v) is 2.59. The van der Waals surface area contributed by atoms with Crippen LogP contribution in [0.3, 0.4) is 0 Å². The lowest BCUT2D eigenvalue weighted by molar-refractivity contribution is 0.0696. The zero-order valence-corrected chi connectivity index (χ0v) is 11.5. The third kappa shape index (κ3) is 4.06. The van der Waals surface area contributed by atoms with E-state index in [0.29, 0.717) is 5.54 Å². The minimum atomic E-state index is 0.406. The van der Waals surface area contributed by atoms with E-state index in [-0.39, 0.29) is 0 Å². The highest BCUT2D eigenvalue weighted by molar-refractivity contribution is 4.90. The fraction of sp³-hybridized carbons (Fsp3) is 1.00. The fourth-order valence-electron chi connectivity index (χ4n) is 2.59. The van der Waals surface area contributed by atoms with E-state index >= 15 is 0 Å². The van der Waals surface area contributed by atoms with Crippen LogP contribution in [0.25, 0.3) is 0 Å². The lowest BCUT2D eigenvalue weighted by Gasteiger charge is -2.45. The van der Waals surface area contributed by atoms with Crippen molar-refractivity contribution in [3.63, 3.8) is 0 Å². The summed E-state index contributed by atoms with van der Waals surface area (Å²) in [5.74, 6) is 0. The van der Waals surface area contributed by atoms with Crippen LogP contribution in [0.1, 0.15) is 59.3 Å². The quantitative estimate of drug-likeness (QED) is 0.671. The number of hydrogen-bond donors (Lipinski definition) is 1. The molecule has 0 aromatic rings. The molecule has 1 atom stereocenters. The molecule has 2 heteroatoms. The van der Waals surface area contributed by atoms with Crippen LogP contribution in [0.15, 0.2) is 0 Å². The van der Waals surface area contributed by atoms with E-state index in [1.165, 1.54) is 64.7 Å². The summed E-state index contributed by atoms with van der Waals surface area (Å²) in [7, 11) is 0. The van der Waals surface area contributed by atoms with Gasteiger partial charge in [-0.2, -0.15) is 0 Å². The Labute approximate surface area is 102 Å². The van der Waals surface area contributed by atoms with Crippen LogP contribution in [0, 0.1) is 0 Å². The van der Waals surface area contributed by atoms with Crippen LogP contribution in [0.5, 0.6) is 0 Å². The van der Waals surface area contributed by atoms with E-state index in [2.05, 4.69) is 31.0 Å². The predicted molar refractivity (Wildman–Crippen MR) is 71.9 cm³/mol. The van der Waals surface area contributed by atoms with Gasteiger partial charge < -0.3 is 5.32 Å². The summed E-state index contributed by atoms with van der Waals surface area (Å²) in [6, 6.07) is 0. The van der Waals surface area contributed by atoms with E-state index in [0.717, 1.165) is 0 Å². The molecule has 0 aromatic carbocycles. The second kappa shape index (κ2) is 7.29. The lowest BCUT2D eigenvalue weighted by atomic mass is 9.93. The molecule has 1 aliphatic rings. The van der Waals surface area contributed by atoms with Gasteiger partial charge in [-0.05, 0) is 26.3 Å². The first-order valence-electron chi connectivity index (χ1n) is 7.18. The zero-order valence-electron chi connectivity index (χ0n) is 11.5. The van der Waals surface area contributed by atoms with Crippen LogP contribution in [-0.2, 0) is 0 Å². The van der Waals surface area contributed by atoms with Crippen molar-refractivity contribution < 1.29 is 0 Å². The molecule has 1 heterocycles. The van der Waals surface area contributed by atoms with Crippen LogP contribution in [0.4, 0.5) is 0 Å². The molecule has 16 heavy (non-hydrogen) atoms. The van der Waals surface area contributed by atoms with E-state index in [1.807, 2.05) is 0 Å². The molecule has 1 saturated heterocycles. The van der Waals surface area contributed by atoms with Gasteiger partial charge in [-0.3, -0.25) is 4.90 Å². The first-order chi connectivity index (χ1) is 7.73. The summed E-state index contributed by atoms with van der Waals surface area (Å²) >= 11 is 0. The standard InChI is InChI=1S/C14H30N2/c1-4-6-7-8-9-11-16-12-10-15-13-14(16,3)5-2/h15H,4-13H2,1-3H3. The minimum Gasteiger partial charge on any atom is -0.314 e. The summed E-state index contributed by atoms with van der Waals surface area (Å²) in [6.45, 7) is 11.9. The van der Waals surface area contributed by atoms with Crippen molar-refractivity contribution in [3.05, 3.63) is 0 Å². The van der Waals surface area contributed by atoms with Gasteiger partial charge in [0, 0.05) is 25.2 Å². The molecule has 1 unspecified atom stereocenters. The average Bonchev–Trinajstić information content (AvgIpc) is 2.31. The Balaban J connectivity index is 2.22. The molecular formula is C14H30N2. The van der Waals surface area contributed by atoms with Crippen LogP contribution >= 0.6 is 0 Å². The van der Waals surface area contributed by atoms with Crippen molar-refractivity contribution in [2.45, 2.75) is 64.8 Å². The van der Waals surface area contributed by atoms with Gasteiger partial charge in [0.25, 0.3) is 0 Å². The largest absolute Gasteiger partial charge is 0.314 e. The number of nitrogens with zero attached hydrogens (tertiary/aromatic N) is 1. The van der Waals surface area contributed by atoms with Crippen LogP contribution in [-0.4, -0.2) is 36.6 Å². The van der Waals surface area contributed by atoms with Gasteiger partial charge in [0.15, 0.2) is 0 Å².